The summed E-state index contributed by atoms with van der Waals surface area (Å²) in [5.41, 5.74) is 0. The van der Waals surface area contributed by atoms with E-state index in [2.05, 4.69) is 24.5 Å². The summed E-state index contributed by atoms with van der Waals surface area (Å²) < 4.78 is 0. The van der Waals surface area contributed by atoms with Crippen molar-refractivity contribution in [2.45, 2.75) is 65.0 Å². The van der Waals surface area contributed by atoms with Gasteiger partial charge >= 0.3 is 6.03 Å². The lowest BCUT2D eigenvalue weighted by Gasteiger charge is -2.27. The first-order valence-corrected chi connectivity index (χ1v) is 6.18. The molecule has 1 aliphatic rings. The Balaban J connectivity index is 2.20. The highest BCUT2D eigenvalue weighted by molar-refractivity contribution is 5.74. The number of hydrogen-bond acceptors (Lipinski definition) is 1. The summed E-state index contributed by atoms with van der Waals surface area (Å²) in [5.74, 6) is 0.834. The van der Waals surface area contributed by atoms with Gasteiger partial charge in [0.2, 0.25) is 0 Å². The highest BCUT2D eigenvalue weighted by Crippen LogP contribution is 2.23. The van der Waals surface area contributed by atoms with Crippen LogP contribution in [0, 0.1) is 5.92 Å². The van der Waals surface area contributed by atoms with Gasteiger partial charge in [-0.15, -0.1) is 0 Å². The molecule has 0 bridgehead atoms. The van der Waals surface area contributed by atoms with Crippen LogP contribution in [0.4, 0.5) is 4.79 Å². The maximum atomic E-state index is 11.5. The highest BCUT2D eigenvalue weighted by atomic mass is 16.2. The van der Waals surface area contributed by atoms with E-state index in [1.165, 1.54) is 12.8 Å². The van der Waals surface area contributed by atoms with Gasteiger partial charge in [-0.05, 0) is 44.9 Å². The molecular formula is C12H24N2O. The Hall–Kier alpha value is -0.730. The fourth-order valence-electron chi connectivity index (χ4n) is 1.96. The van der Waals surface area contributed by atoms with E-state index in [9.17, 15) is 4.79 Å². The minimum Gasteiger partial charge on any atom is -0.336 e. The van der Waals surface area contributed by atoms with E-state index < -0.39 is 0 Å². The van der Waals surface area contributed by atoms with E-state index in [4.69, 9.17) is 0 Å². The molecule has 0 radical (unpaired) electrons. The van der Waals surface area contributed by atoms with Crippen molar-refractivity contribution in [2.24, 2.45) is 5.92 Å². The quantitative estimate of drug-likeness (QED) is 0.742. The first-order valence-electron chi connectivity index (χ1n) is 6.18. The third-order valence-electron chi connectivity index (χ3n) is 3.34. The fraction of sp³-hybridized carbons (Fsp3) is 0.917. The van der Waals surface area contributed by atoms with Gasteiger partial charge in [0.15, 0.2) is 0 Å². The number of urea groups is 1. The van der Waals surface area contributed by atoms with Crippen molar-refractivity contribution in [1.29, 1.82) is 0 Å². The first-order chi connectivity index (χ1) is 7.11. The standard InChI is InChI=1S/C12H24N2O/c1-4-10(3)13-12(15)14-11-7-5-9(2)6-8-11/h9-11H,4-8H2,1-3H3,(H2,13,14,15)/t9?,10-,11?/m1/s1. The zero-order chi connectivity index (χ0) is 11.3. The largest absolute Gasteiger partial charge is 0.336 e. The molecule has 0 aromatic carbocycles. The van der Waals surface area contributed by atoms with Crippen LogP contribution in [0.5, 0.6) is 0 Å². The maximum absolute atomic E-state index is 11.5. The molecule has 1 fully saturated rings. The number of rotatable bonds is 3. The van der Waals surface area contributed by atoms with Crippen LogP contribution in [0.2, 0.25) is 0 Å². The number of nitrogens with one attached hydrogen (secondary N) is 2. The summed E-state index contributed by atoms with van der Waals surface area (Å²) in [6, 6.07) is 0.668. The molecule has 0 heterocycles. The first kappa shape index (κ1) is 12.3. The molecule has 1 rings (SSSR count). The lowest BCUT2D eigenvalue weighted by atomic mass is 9.87. The molecule has 1 atom stereocenters. The van der Waals surface area contributed by atoms with E-state index in [1.807, 2.05) is 6.92 Å². The van der Waals surface area contributed by atoms with Gasteiger partial charge in [-0.1, -0.05) is 13.8 Å². The molecule has 88 valence electrons. The second-order valence-corrected chi connectivity index (χ2v) is 4.88. The van der Waals surface area contributed by atoms with Crippen LogP contribution in [0.15, 0.2) is 0 Å². The van der Waals surface area contributed by atoms with Gasteiger partial charge < -0.3 is 10.6 Å². The van der Waals surface area contributed by atoms with Crippen LogP contribution in [0.1, 0.15) is 52.9 Å². The lowest BCUT2D eigenvalue weighted by molar-refractivity contribution is 0.225. The molecule has 0 aromatic rings. The molecule has 0 aromatic heterocycles. The Morgan fingerprint density at radius 1 is 1.33 bits per heavy atom. The van der Waals surface area contributed by atoms with Gasteiger partial charge in [0.05, 0.1) is 0 Å². The number of carbonyl (C=O) groups is 1. The maximum Gasteiger partial charge on any atom is 0.315 e. The van der Waals surface area contributed by atoms with Crippen LogP contribution in [-0.4, -0.2) is 18.1 Å². The molecule has 2 amide bonds. The summed E-state index contributed by atoms with van der Waals surface area (Å²) in [7, 11) is 0. The predicted octanol–water partition coefficient (Wildman–Crippen LogP) is 2.66. The molecule has 15 heavy (non-hydrogen) atoms. The smallest absolute Gasteiger partial charge is 0.315 e. The SMILES string of the molecule is CC[C@@H](C)NC(=O)NC1CCC(C)CC1. The summed E-state index contributed by atoms with van der Waals surface area (Å²) >= 11 is 0. The van der Waals surface area contributed by atoms with Gasteiger partial charge in [-0.3, -0.25) is 0 Å². The molecule has 2 N–H and O–H groups in total. The molecule has 0 saturated heterocycles. The molecular weight excluding hydrogens is 188 g/mol. The number of carbonyl (C=O) groups excluding carboxylic acids is 1. The minimum atomic E-state index is 0.00361. The third-order valence-corrected chi connectivity index (χ3v) is 3.34. The zero-order valence-electron chi connectivity index (χ0n) is 10.2. The molecule has 3 heteroatoms. The van der Waals surface area contributed by atoms with Gasteiger partial charge in [-0.25, -0.2) is 4.79 Å². The Morgan fingerprint density at radius 3 is 2.47 bits per heavy atom. The topological polar surface area (TPSA) is 41.1 Å². The molecule has 1 saturated carbocycles. The van der Waals surface area contributed by atoms with Gasteiger partial charge in [-0.2, -0.15) is 0 Å². The highest BCUT2D eigenvalue weighted by Gasteiger charge is 2.19. The zero-order valence-corrected chi connectivity index (χ0v) is 10.2. The Bertz CT molecular complexity index is 198. The van der Waals surface area contributed by atoms with E-state index in [0.29, 0.717) is 6.04 Å². The molecule has 1 aliphatic carbocycles. The second-order valence-electron chi connectivity index (χ2n) is 4.88. The molecule has 0 aliphatic heterocycles. The van der Waals surface area contributed by atoms with E-state index in [0.717, 1.165) is 25.2 Å². The summed E-state index contributed by atoms with van der Waals surface area (Å²) in [6.45, 7) is 6.39. The summed E-state index contributed by atoms with van der Waals surface area (Å²) in [4.78, 5) is 11.5. The Morgan fingerprint density at radius 2 is 1.93 bits per heavy atom. The normalized spacial score (nSPS) is 28.2. The van der Waals surface area contributed by atoms with Crippen molar-refractivity contribution < 1.29 is 4.79 Å². The van der Waals surface area contributed by atoms with Crippen molar-refractivity contribution in [2.75, 3.05) is 0 Å². The molecule has 0 spiro atoms. The van der Waals surface area contributed by atoms with Crippen molar-refractivity contribution >= 4 is 6.03 Å². The summed E-state index contributed by atoms with van der Waals surface area (Å²) in [6.07, 6.45) is 5.74. The van der Waals surface area contributed by atoms with Crippen LogP contribution in [0.25, 0.3) is 0 Å². The predicted molar refractivity (Wildman–Crippen MR) is 62.8 cm³/mol. The number of hydrogen-bond donors (Lipinski definition) is 2. The van der Waals surface area contributed by atoms with Crippen molar-refractivity contribution in [1.82, 2.24) is 10.6 Å². The van der Waals surface area contributed by atoms with Crippen LogP contribution >= 0.6 is 0 Å². The number of amides is 2. The van der Waals surface area contributed by atoms with Crippen LogP contribution < -0.4 is 10.6 Å². The van der Waals surface area contributed by atoms with Crippen LogP contribution in [0.3, 0.4) is 0 Å². The molecule has 3 nitrogen and oxygen atoms in total. The average molecular weight is 212 g/mol. The van der Waals surface area contributed by atoms with Crippen molar-refractivity contribution in [3.63, 3.8) is 0 Å². The lowest BCUT2D eigenvalue weighted by Crippen LogP contribution is -2.46. The Labute approximate surface area is 93.0 Å². The van der Waals surface area contributed by atoms with Gasteiger partial charge in [0.1, 0.15) is 0 Å². The summed E-state index contributed by atoms with van der Waals surface area (Å²) in [5, 5.41) is 5.99. The second kappa shape index (κ2) is 5.99. The van der Waals surface area contributed by atoms with E-state index in [-0.39, 0.29) is 12.1 Å². The third kappa shape index (κ3) is 4.54. The minimum absolute atomic E-state index is 0.00361. The van der Waals surface area contributed by atoms with Gasteiger partial charge in [0.25, 0.3) is 0 Å². The van der Waals surface area contributed by atoms with Crippen molar-refractivity contribution in [3.8, 4) is 0 Å². The molecule has 0 unspecified atom stereocenters. The van der Waals surface area contributed by atoms with E-state index in [1.54, 1.807) is 0 Å². The Kier molecular flexibility index (Phi) is 4.92. The van der Waals surface area contributed by atoms with E-state index >= 15 is 0 Å². The van der Waals surface area contributed by atoms with Crippen LogP contribution in [-0.2, 0) is 0 Å². The van der Waals surface area contributed by atoms with Gasteiger partial charge in [0, 0.05) is 12.1 Å². The fourth-order valence-corrected chi connectivity index (χ4v) is 1.96. The average Bonchev–Trinajstić information content (AvgIpc) is 2.21. The van der Waals surface area contributed by atoms with Crippen molar-refractivity contribution in [3.05, 3.63) is 0 Å². The monoisotopic (exact) mass is 212 g/mol.